The number of nitrogens with zero attached hydrogens (tertiary/aromatic N) is 1. The van der Waals surface area contributed by atoms with Crippen molar-refractivity contribution >= 4 is 23.2 Å². The maximum atomic E-state index is 12.7. The molecular formula is C48H60N4O5. The van der Waals surface area contributed by atoms with E-state index in [-0.39, 0.29) is 30.6 Å². The summed E-state index contributed by atoms with van der Waals surface area (Å²) in [5.41, 5.74) is 13.9. The Hall–Kier alpha value is -4.54. The van der Waals surface area contributed by atoms with Crippen LogP contribution in [0.5, 0.6) is 0 Å². The molecule has 1 saturated carbocycles. The maximum absolute atomic E-state index is 12.7. The zero-order valence-corrected chi connectivity index (χ0v) is 33.8. The summed E-state index contributed by atoms with van der Waals surface area (Å²) in [7, 11) is 0. The van der Waals surface area contributed by atoms with Crippen LogP contribution < -0.4 is 16.4 Å². The molecule has 2 heterocycles. The number of aliphatic hydroxyl groups is 1. The summed E-state index contributed by atoms with van der Waals surface area (Å²) in [6.45, 7) is 9.76. The van der Waals surface area contributed by atoms with Gasteiger partial charge in [0, 0.05) is 50.5 Å². The number of para-hydroxylation sites is 2. The Morgan fingerprint density at radius 3 is 2.32 bits per heavy atom. The first-order valence-electron chi connectivity index (χ1n) is 20.8. The zero-order valence-electron chi connectivity index (χ0n) is 33.8. The monoisotopic (exact) mass is 772 g/mol. The normalized spacial score (nSPS) is 24.2. The first kappa shape index (κ1) is 40.6. The molecule has 2 amide bonds. The summed E-state index contributed by atoms with van der Waals surface area (Å²) >= 11 is 0. The molecule has 0 radical (unpaired) electrons. The number of carbonyl (C=O) groups is 2. The van der Waals surface area contributed by atoms with Crippen LogP contribution in [0.3, 0.4) is 0 Å². The zero-order chi connectivity index (χ0) is 40.0. The Morgan fingerprint density at radius 1 is 0.807 bits per heavy atom. The fourth-order valence-electron chi connectivity index (χ4n) is 9.67. The molecule has 4 aromatic carbocycles. The number of aliphatic hydroxyl groups excluding tert-OH is 1. The topological polar surface area (TPSA) is 126 Å². The molecule has 0 spiro atoms. The predicted molar refractivity (Wildman–Crippen MR) is 226 cm³/mol. The Morgan fingerprint density at radius 2 is 1.54 bits per heavy atom. The molecule has 302 valence electrons. The van der Waals surface area contributed by atoms with Gasteiger partial charge in [-0.25, -0.2) is 0 Å². The molecule has 4 aromatic rings. The average Bonchev–Trinajstić information content (AvgIpc) is 3.44. The van der Waals surface area contributed by atoms with Crippen LogP contribution in [0.15, 0.2) is 97.1 Å². The maximum Gasteiger partial charge on any atom is 0.224 e. The van der Waals surface area contributed by atoms with Gasteiger partial charge in [0.15, 0.2) is 6.29 Å². The molecule has 3 aliphatic rings. The van der Waals surface area contributed by atoms with Crippen LogP contribution >= 0.6 is 0 Å². The van der Waals surface area contributed by atoms with Crippen LogP contribution in [0, 0.1) is 10.8 Å². The van der Waals surface area contributed by atoms with Gasteiger partial charge in [-0.05, 0) is 95.0 Å². The van der Waals surface area contributed by atoms with Crippen molar-refractivity contribution in [1.82, 2.24) is 10.2 Å². The number of hydrogen-bond donors (Lipinski definition) is 4. The molecule has 1 aliphatic carbocycles. The van der Waals surface area contributed by atoms with Gasteiger partial charge < -0.3 is 30.9 Å². The number of nitrogens with two attached hydrogens (primary N) is 1. The number of ether oxygens (including phenoxy) is 2. The lowest BCUT2D eigenvalue weighted by atomic mass is 9.65. The largest absolute Gasteiger partial charge is 0.397 e. The van der Waals surface area contributed by atoms with E-state index in [9.17, 15) is 14.7 Å². The number of amides is 2. The second-order valence-corrected chi connectivity index (χ2v) is 17.8. The van der Waals surface area contributed by atoms with E-state index in [0.717, 1.165) is 65.7 Å². The van der Waals surface area contributed by atoms with E-state index in [1.165, 1.54) is 19.3 Å². The molecule has 3 fully saturated rings. The third-order valence-electron chi connectivity index (χ3n) is 12.0. The van der Waals surface area contributed by atoms with Gasteiger partial charge in [0.2, 0.25) is 11.8 Å². The van der Waals surface area contributed by atoms with Crippen LogP contribution in [-0.4, -0.2) is 47.1 Å². The molecule has 2 unspecified atom stereocenters. The molecule has 57 heavy (non-hydrogen) atoms. The molecule has 5 atom stereocenters. The van der Waals surface area contributed by atoms with Gasteiger partial charge in [0.1, 0.15) is 0 Å². The molecule has 7 rings (SSSR count). The lowest BCUT2D eigenvalue weighted by Gasteiger charge is -2.41. The summed E-state index contributed by atoms with van der Waals surface area (Å²) in [5, 5.41) is 15.6. The summed E-state index contributed by atoms with van der Waals surface area (Å²) in [4.78, 5) is 27.7. The van der Waals surface area contributed by atoms with Gasteiger partial charge in [0.05, 0.1) is 30.2 Å². The molecule has 2 aliphatic heterocycles. The number of anilines is 2. The summed E-state index contributed by atoms with van der Waals surface area (Å²) in [6.07, 6.45) is 6.88. The molecular weight excluding hydrogens is 713 g/mol. The molecule has 2 bridgehead atoms. The van der Waals surface area contributed by atoms with E-state index >= 15 is 0 Å². The summed E-state index contributed by atoms with van der Waals surface area (Å²) in [5.74, 6) is -0.0703. The third-order valence-corrected chi connectivity index (χ3v) is 12.0. The molecule has 9 heteroatoms. The van der Waals surface area contributed by atoms with Gasteiger partial charge in [-0.1, -0.05) is 100.0 Å². The molecule has 5 N–H and O–H groups in total. The molecule has 9 nitrogen and oxygen atoms in total. The van der Waals surface area contributed by atoms with Crippen LogP contribution in [0.25, 0.3) is 11.1 Å². The average molecular weight is 773 g/mol. The van der Waals surface area contributed by atoms with Crippen molar-refractivity contribution in [2.75, 3.05) is 24.1 Å². The number of rotatable bonds is 15. The number of benzene rings is 4. The number of nitrogens with one attached hydrogen (secondary N) is 2. The second kappa shape index (κ2) is 17.9. The van der Waals surface area contributed by atoms with Crippen LogP contribution in [0.4, 0.5) is 11.4 Å². The highest BCUT2D eigenvalue weighted by atomic mass is 16.7. The lowest BCUT2D eigenvalue weighted by Crippen LogP contribution is -2.42. The SMILES string of the molecule is CC1(C)CC2CC(C)(CN2C[C@@H]2C[C@H](c3ccc(CO)cc3)O[C@H](c3cccc(-c4cccc(CNC(=O)CCCCCC(=O)Nc5ccccc5N)c4)c3)O2)C1. The van der Waals surface area contributed by atoms with Gasteiger partial charge in [-0.15, -0.1) is 0 Å². The molecule has 0 aromatic heterocycles. The second-order valence-electron chi connectivity index (χ2n) is 17.8. The number of hydrogen-bond acceptors (Lipinski definition) is 7. The fraction of sp³-hybridized carbons (Fsp3) is 0.458. The number of fused-ring (bicyclic) bond motifs is 2. The Balaban J connectivity index is 0.954. The minimum absolute atomic E-state index is 0.000756. The Labute approximate surface area is 338 Å². The van der Waals surface area contributed by atoms with E-state index in [1.54, 1.807) is 12.1 Å². The fourth-order valence-corrected chi connectivity index (χ4v) is 9.67. The Kier molecular flexibility index (Phi) is 12.8. The number of unbranched alkanes of at least 4 members (excludes halogenated alkanes) is 2. The van der Waals surface area contributed by atoms with E-state index in [1.807, 2.05) is 36.4 Å². The van der Waals surface area contributed by atoms with Gasteiger partial charge in [-0.2, -0.15) is 0 Å². The number of carbonyl (C=O) groups excluding carboxylic acids is 2. The van der Waals surface area contributed by atoms with Crippen molar-refractivity contribution in [2.24, 2.45) is 10.8 Å². The van der Waals surface area contributed by atoms with Crippen molar-refractivity contribution in [3.05, 3.63) is 119 Å². The summed E-state index contributed by atoms with van der Waals surface area (Å²) < 4.78 is 13.6. The highest BCUT2D eigenvalue weighted by molar-refractivity contribution is 5.93. The van der Waals surface area contributed by atoms with Crippen LogP contribution in [0.2, 0.25) is 0 Å². The van der Waals surface area contributed by atoms with Crippen molar-refractivity contribution < 1.29 is 24.2 Å². The van der Waals surface area contributed by atoms with Crippen molar-refractivity contribution in [1.29, 1.82) is 0 Å². The van der Waals surface area contributed by atoms with Crippen LogP contribution in [0.1, 0.15) is 113 Å². The van der Waals surface area contributed by atoms with Crippen molar-refractivity contribution in [2.45, 2.75) is 116 Å². The van der Waals surface area contributed by atoms with Gasteiger partial charge >= 0.3 is 0 Å². The van der Waals surface area contributed by atoms with E-state index in [4.69, 9.17) is 15.2 Å². The lowest BCUT2D eigenvalue weighted by molar-refractivity contribution is -0.253. The van der Waals surface area contributed by atoms with Gasteiger partial charge in [0.25, 0.3) is 0 Å². The number of likely N-dealkylation sites (tertiary alicyclic amines) is 1. The smallest absolute Gasteiger partial charge is 0.224 e. The predicted octanol–water partition coefficient (Wildman–Crippen LogP) is 9.08. The van der Waals surface area contributed by atoms with Crippen molar-refractivity contribution in [3.63, 3.8) is 0 Å². The Bertz CT molecular complexity index is 2000. The van der Waals surface area contributed by atoms with E-state index < -0.39 is 6.29 Å². The van der Waals surface area contributed by atoms with E-state index in [2.05, 4.69) is 84.8 Å². The minimum atomic E-state index is -0.528. The van der Waals surface area contributed by atoms with Crippen LogP contribution in [-0.2, 0) is 32.2 Å². The van der Waals surface area contributed by atoms with E-state index in [0.29, 0.717) is 54.1 Å². The summed E-state index contributed by atoms with van der Waals surface area (Å²) in [6, 6.07) is 32.6. The molecule has 2 saturated heterocycles. The third kappa shape index (κ3) is 10.7. The van der Waals surface area contributed by atoms with Crippen molar-refractivity contribution in [3.8, 4) is 11.1 Å². The first-order chi connectivity index (χ1) is 27.4. The van der Waals surface area contributed by atoms with Gasteiger partial charge in [-0.3, -0.25) is 14.5 Å². The highest BCUT2D eigenvalue weighted by Crippen LogP contribution is 2.53. The quantitative estimate of drug-likeness (QED) is 0.0702. The standard InChI is InChI=1S/C48H60N4O5/c1-47(2)26-39-27-48(3,31-47)32-52(39)29-40-25-43(35-21-19-33(30-53)20-22-35)57-46(56-40)38-14-10-13-37(24-38)36-12-9-11-34(23-36)28-50-44(54)17-5-4-6-18-45(55)51-42-16-8-7-15-41(42)49/h7-16,19-24,39-40,43,46,53H,4-6,17-18,25-32,49H2,1-3H3,(H,50,54)(H,51,55)/t39?,40-,43+,46+,48?/m0/s1. The highest BCUT2D eigenvalue weighted by Gasteiger charge is 2.50. The minimum Gasteiger partial charge on any atom is -0.397 e. The number of nitrogen functional groups attached to an aromatic ring is 1. The first-order valence-corrected chi connectivity index (χ1v) is 20.8.